The summed E-state index contributed by atoms with van der Waals surface area (Å²) in [6.07, 6.45) is 2.14. The third-order valence-corrected chi connectivity index (χ3v) is 4.38. The van der Waals surface area contributed by atoms with Crippen LogP contribution in [0.2, 0.25) is 0 Å². The van der Waals surface area contributed by atoms with Crippen LogP contribution in [0.1, 0.15) is 23.0 Å². The van der Waals surface area contributed by atoms with Crippen LogP contribution in [0.3, 0.4) is 0 Å². The summed E-state index contributed by atoms with van der Waals surface area (Å²) in [5.41, 5.74) is 2.47. The lowest BCUT2D eigenvalue weighted by Crippen LogP contribution is -2.27. The van der Waals surface area contributed by atoms with E-state index in [1.165, 1.54) is 6.33 Å². The molecule has 0 spiro atoms. The Labute approximate surface area is 165 Å². The van der Waals surface area contributed by atoms with E-state index in [4.69, 9.17) is 4.74 Å². The van der Waals surface area contributed by atoms with Crippen molar-refractivity contribution < 1.29 is 9.53 Å². The first kappa shape index (κ1) is 19.4. The van der Waals surface area contributed by atoms with Gasteiger partial charge in [-0.25, -0.2) is 9.97 Å². The Morgan fingerprint density at radius 2 is 1.89 bits per heavy atom. The molecule has 1 aromatic heterocycles. The van der Waals surface area contributed by atoms with Crippen LogP contribution in [0.5, 0.6) is 5.75 Å². The molecule has 3 rings (SSSR count). The molecule has 1 amide bonds. The molecule has 0 radical (unpaired) electrons. The number of anilines is 2. The number of carbonyl (C=O) groups excluding carboxylic acids is 1. The molecule has 1 heterocycles. The Bertz CT molecular complexity index is 915. The van der Waals surface area contributed by atoms with Gasteiger partial charge < -0.3 is 15.0 Å². The fourth-order valence-electron chi connectivity index (χ4n) is 2.94. The highest BCUT2D eigenvalue weighted by atomic mass is 16.5. The van der Waals surface area contributed by atoms with E-state index in [0.29, 0.717) is 24.5 Å². The van der Waals surface area contributed by atoms with Crippen LogP contribution in [-0.2, 0) is 6.42 Å². The zero-order chi connectivity index (χ0) is 19.8. The number of para-hydroxylation sites is 1. The summed E-state index contributed by atoms with van der Waals surface area (Å²) in [5.74, 6) is 1.29. The molecule has 144 valence electrons. The van der Waals surface area contributed by atoms with Crippen LogP contribution < -0.4 is 15.0 Å². The number of hydrogen-bond donors (Lipinski definition) is 1. The second-order valence-corrected chi connectivity index (χ2v) is 6.20. The van der Waals surface area contributed by atoms with Crippen molar-refractivity contribution in [3.05, 3.63) is 78.2 Å². The molecule has 0 aliphatic rings. The summed E-state index contributed by atoms with van der Waals surface area (Å²) in [5, 5.41) is 2.92. The van der Waals surface area contributed by atoms with Crippen molar-refractivity contribution in [2.45, 2.75) is 13.3 Å². The molecule has 0 aliphatic heterocycles. The van der Waals surface area contributed by atoms with Gasteiger partial charge in [-0.2, -0.15) is 0 Å². The summed E-state index contributed by atoms with van der Waals surface area (Å²) >= 11 is 0. The van der Waals surface area contributed by atoms with Crippen molar-refractivity contribution in [1.29, 1.82) is 0 Å². The largest absolute Gasteiger partial charge is 0.497 e. The van der Waals surface area contributed by atoms with Gasteiger partial charge in [-0.3, -0.25) is 4.79 Å². The number of rotatable bonds is 8. The average Bonchev–Trinajstić information content (AvgIpc) is 2.75. The minimum Gasteiger partial charge on any atom is -0.497 e. The van der Waals surface area contributed by atoms with Gasteiger partial charge in [0.2, 0.25) is 0 Å². The van der Waals surface area contributed by atoms with E-state index in [1.54, 1.807) is 13.2 Å². The molecule has 6 nitrogen and oxygen atoms in total. The van der Waals surface area contributed by atoms with E-state index >= 15 is 0 Å². The predicted octanol–water partition coefficient (Wildman–Crippen LogP) is 3.62. The van der Waals surface area contributed by atoms with Crippen molar-refractivity contribution in [2.75, 3.05) is 25.1 Å². The summed E-state index contributed by atoms with van der Waals surface area (Å²) in [6.45, 7) is 3.29. The number of ether oxygens (including phenoxy) is 1. The molecule has 1 N–H and O–H groups in total. The molecule has 0 fully saturated rings. The van der Waals surface area contributed by atoms with Gasteiger partial charge in [0.05, 0.1) is 7.11 Å². The first-order chi connectivity index (χ1) is 13.7. The number of amides is 1. The minimum absolute atomic E-state index is 0.212. The Kier molecular flexibility index (Phi) is 6.57. The normalized spacial score (nSPS) is 10.4. The second-order valence-electron chi connectivity index (χ2n) is 6.20. The third-order valence-electron chi connectivity index (χ3n) is 4.38. The van der Waals surface area contributed by atoms with Gasteiger partial charge in [0.25, 0.3) is 5.91 Å². The highest BCUT2D eigenvalue weighted by Crippen LogP contribution is 2.22. The molecule has 0 bridgehead atoms. The van der Waals surface area contributed by atoms with Crippen molar-refractivity contribution in [3.63, 3.8) is 0 Å². The maximum absolute atomic E-state index is 12.5. The van der Waals surface area contributed by atoms with E-state index in [-0.39, 0.29) is 5.91 Å². The van der Waals surface area contributed by atoms with Crippen LogP contribution >= 0.6 is 0 Å². The molecular weight excluding hydrogens is 352 g/mol. The molecule has 0 atom stereocenters. The Morgan fingerprint density at radius 1 is 1.07 bits per heavy atom. The van der Waals surface area contributed by atoms with Crippen LogP contribution in [0.25, 0.3) is 0 Å². The number of aromatic nitrogens is 2. The fourth-order valence-corrected chi connectivity index (χ4v) is 2.94. The van der Waals surface area contributed by atoms with Crippen LogP contribution in [-0.4, -0.2) is 36.1 Å². The second kappa shape index (κ2) is 9.50. The highest BCUT2D eigenvalue weighted by molar-refractivity contribution is 5.93. The van der Waals surface area contributed by atoms with E-state index in [9.17, 15) is 4.79 Å². The quantitative estimate of drug-likeness (QED) is 0.650. The van der Waals surface area contributed by atoms with Crippen LogP contribution in [0, 0.1) is 0 Å². The van der Waals surface area contributed by atoms with E-state index < -0.39 is 0 Å². The standard InChI is InChI=1S/C22H24N4O2/c1-3-26(18-9-5-4-6-10-18)21-15-20(24-16-25-21)22(27)23-13-12-17-8-7-11-19(14-17)28-2/h4-11,14-16H,3,12-13H2,1-2H3,(H,23,27). The lowest BCUT2D eigenvalue weighted by Gasteiger charge is -2.22. The van der Waals surface area contributed by atoms with Gasteiger partial charge in [-0.15, -0.1) is 0 Å². The highest BCUT2D eigenvalue weighted by Gasteiger charge is 2.13. The molecule has 28 heavy (non-hydrogen) atoms. The monoisotopic (exact) mass is 376 g/mol. The SMILES string of the molecule is CCN(c1ccccc1)c1cc(C(=O)NCCc2cccc(OC)c2)ncn1. The zero-order valence-electron chi connectivity index (χ0n) is 16.1. The number of hydrogen-bond acceptors (Lipinski definition) is 5. The molecule has 2 aromatic carbocycles. The summed E-state index contributed by atoms with van der Waals surface area (Å²) in [7, 11) is 1.64. The smallest absolute Gasteiger partial charge is 0.270 e. The van der Waals surface area contributed by atoms with Crippen molar-refractivity contribution in [2.24, 2.45) is 0 Å². The van der Waals surface area contributed by atoms with Gasteiger partial charge in [-0.1, -0.05) is 30.3 Å². The number of benzene rings is 2. The van der Waals surface area contributed by atoms with Gasteiger partial charge in [-0.05, 0) is 43.2 Å². The molecule has 3 aromatic rings. The summed E-state index contributed by atoms with van der Waals surface area (Å²) in [6, 6.07) is 19.5. The maximum atomic E-state index is 12.5. The van der Waals surface area contributed by atoms with Crippen molar-refractivity contribution in [3.8, 4) is 5.75 Å². The topological polar surface area (TPSA) is 67.4 Å². The van der Waals surface area contributed by atoms with Gasteiger partial charge in [0.15, 0.2) is 0 Å². The third kappa shape index (κ3) is 4.85. The number of methoxy groups -OCH3 is 1. The molecule has 0 saturated carbocycles. The van der Waals surface area contributed by atoms with Crippen LogP contribution in [0.4, 0.5) is 11.5 Å². The maximum Gasteiger partial charge on any atom is 0.270 e. The first-order valence-electron chi connectivity index (χ1n) is 9.27. The number of carbonyl (C=O) groups is 1. The molecule has 6 heteroatoms. The Morgan fingerprint density at radius 3 is 2.64 bits per heavy atom. The summed E-state index contributed by atoms with van der Waals surface area (Å²) < 4.78 is 5.23. The van der Waals surface area contributed by atoms with Gasteiger partial charge >= 0.3 is 0 Å². The van der Waals surface area contributed by atoms with Gasteiger partial charge in [0.1, 0.15) is 23.6 Å². The lowest BCUT2D eigenvalue weighted by molar-refractivity contribution is 0.0949. The van der Waals surface area contributed by atoms with Crippen molar-refractivity contribution in [1.82, 2.24) is 15.3 Å². The number of nitrogens with one attached hydrogen (secondary N) is 1. The summed E-state index contributed by atoms with van der Waals surface area (Å²) in [4.78, 5) is 23.0. The zero-order valence-corrected chi connectivity index (χ0v) is 16.1. The molecule has 0 unspecified atom stereocenters. The number of nitrogens with zero attached hydrogens (tertiary/aromatic N) is 3. The van der Waals surface area contributed by atoms with Gasteiger partial charge in [0, 0.05) is 24.8 Å². The predicted molar refractivity (Wildman–Crippen MR) is 110 cm³/mol. The van der Waals surface area contributed by atoms with E-state index in [2.05, 4.69) is 15.3 Å². The molecule has 0 aliphatic carbocycles. The lowest BCUT2D eigenvalue weighted by atomic mass is 10.1. The first-order valence-corrected chi connectivity index (χ1v) is 9.27. The average molecular weight is 376 g/mol. The van der Waals surface area contributed by atoms with Crippen molar-refractivity contribution >= 4 is 17.4 Å². The van der Waals surface area contributed by atoms with E-state index in [0.717, 1.165) is 23.5 Å². The Hall–Kier alpha value is -3.41. The minimum atomic E-state index is -0.212. The molecule has 0 saturated heterocycles. The van der Waals surface area contributed by atoms with Crippen LogP contribution in [0.15, 0.2) is 67.0 Å². The van der Waals surface area contributed by atoms with E-state index in [1.807, 2.05) is 66.4 Å². The Balaban J connectivity index is 1.65. The molecular formula is C22H24N4O2. The fraction of sp³-hybridized carbons (Fsp3) is 0.227.